The van der Waals surface area contributed by atoms with Gasteiger partial charge in [-0.3, -0.25) is 4.79 Å². The van der Waals surface area contributed by atoms with Crippen molar-refractivity contribution in [1.82, 2.24) is 10.6 Å². The Labute approximate surface area is 138 Å². The van der Waals surface area contributed by atoms with E-state index in [1.165, 1.54) is 18.4 Å². The number of amides is 1. The second-order valence-electron chi connectivity index (χ2n) is 6.24. The number of benzene rings is 2. The molecule has 1 heterocycles. The van der Waals surface area contributed by atoms with Crippen molar-refractivity contribution in [2.45, 2.75) is 19.3 Å². The van der Waals surface area contributed by atoms with Gasteiger partial charge >= 0.3 is 0 Å². The first-order valence-electron chi connectivity index (χ1n) is 8.43. The minimum absolute atomic E-state index is 0.0436. The predicted octanol–water partition coefficient (Wildman–Crippen LogP) is 3.01. The summed E-state index contributed by atoms with van der Waals surface area (Å²) in [5.41, 5.74) is 3.10. The molecule has 2 aromatic carbocycles. The number of hydrogen-bond donors (Lipinski definition) is 2. The summed E-state index contributed by atoms with van der Waals surface area (Å²) in [4.78, 5) is 12.6. The van der Waals surface area contributed by atoms with Crippen molar-refractivity contribution in [3.63, 3.8) is 0 Å². The normalized spacial score (nSPS) is 17.7. The molecular weight excluding hydrogens is 284 g/mol. The molecule has 1 aliphatic heterocycles. The van der Waals surface area contributed by atoms with Crippen LogP contribution in [0.1, 0.15) is 34.3 Å². The van der Waals surface area contributed by atoms with Crippen LogP contribution >= 0.6 is 0 Å². The minimum Gasteiger partial charge on any atom is -0.352 e. The topological polar surface area (TPSA) is 41.1 Å². The van der Waals surface area contributed by atoms with Crippen LogP contribution in [0, 0.1) is 5.92 Å². The van der Waals surface area contributed by atoms with E-state index in [0.29, 0.717) is 5.92 Å². The summed E-state index contributed by atoms with van der Waals surface area (Å²) in [6, 6.07) is 18.2. The number of hydrogen-bond acceptors (Lipinski definition) is 2. The Morgan fingerprint density at radius 1 is 1.09 bits per heavy atom. The fourth-order valence-corrected chi connectivity index (χ4v) is 3.14. The van der Waals surface area contributed by atoms with E-state index < -0.39 is 0 Å². The molecule has 0 aromatic heterocycles. The molecule has 2 N–H and O–H groups in total. The van der Waals surface area contributed by atoms with Gasteiger partial charge in [0.15, 0.2) is 0 Å². The van der Waals surface area contributed by atoms with Gasteiger partial charge in [-0.1, -0.05) is 48.5 Å². The highest BCUT2D eigenvalue weighted by atomic mass is 16.1. The van der Waals surface area contributed by atoms with Gasteiger partial charge in [0.05, 0.1) is 0 Å². The Kier molecular flexibility index (Phi) is 5.43. The van der Waals surface area contributed by atoms with Gasteiger partial charge in [-0.05, 0) is 55.5 Å². The van der Waals surface area contributed by atoms with Crippen molar-refractivity contribution in [2.24, 2.45) is 5.92 Å². The third-order valence-corrected chi connectivity index (χ3v) is 4.45. The third kappa shape index (κ3) is 4.42. The SMILES string of the molecule is O=C(NCC1CCCNC1)c1ccccc1Cc1ccccc1. The molecule has 0 bridgehead atoms. The number of rotatable bonds is 5. The van der Waals surface area contributed by atoms with E-state index in [1.807, 2.05) is 42.5 Å². The van der Waals surface area contributed by atoms with Gasteiger partial charge in [0.25, 0.3) is 5.91 Å². The fourth-order valence-electron chi connectivity index (χ4n) is 3.14. The Hall–Kier alpha value is -2.13. The molecule has 0 radical (unpaired) electrons. The zero-order valence-electron chi connectivity index (χ0n) is 13.4. The molecule has 0 saturated carbocycles. The molecule has 1 unspecified atom stereocenters. The second-order valence-corrected chi connectivity index (χ2v) is 6.24. The lowest BCUT2D eigenvalue weighted by Gasteiger charge is -2.23. The summed E-state index contributed by atoms with van der Waals surface area (Å²) < 4.78 is 0. The molecule has 120 valence electrons. The number of carbonyl (C=O) groups is 1. The van der Waals surface area contributed by atoms with Gasteiger partial charge < -0.3 is 10.6 Å². The van der Waals surface area contributed by atoms with Gasteiger partial charge in [0.1, 0.15) is 0 Å². The number of carbonyl (C=O) groups excluding carboxylic acids is 1. The van der Waals surface area contributed by atoms with E-state index in [0.717, 1.165) is 37.2 Å². The zero-order chi connectivity index (χ0) is 15.9. The highest BCUT2D eigenvalue weighted by Crippen LogP contribution is 2.15. The summed E-state index contributed by atoms with van der Waals surface area (Å²) in [6.45, 7) is 2.86. The second kappa shape index (κ2) is 7.93. The lowest BCUT2D eigenvalue weighted by atomic mass is 9.98. The molecule has 0 spiro atoms. The molecule has 3 heteroatoms. The minimum atomic E-state index is 0.0436. The first-order chi connectivity index (χ1) is 11.3. The fraction of sp³-hybridized carbons (Fsp3) is 0.350. The molecule has 1 aliphatic rings. The van der Waals surface area contributed by atoms with E-state index in [2.05, 4.69) is 22.8 Å². The molecular formula is C20H24N2O. The lowest BCUT2D eigenvalue weighted by molar-refractivity contribution is 0.0944. The van der Waals surface area contributed by atoms with Crippen LogP contribution in [-0.2, 0) is 6.42 Å². The van der Waals surface area contributed by atoms with Crippen LogP contribution in [0.15, 0.2) is 54.6 Å². The maximum Gasteiger partial charge on any atom is 0.251 e. The standard InChI is InChI=1S/C20H24N2O/c23-20(22-15-17-9-6-12-21-14-17)19-11-5-4-10-18(19)13-16-7-2-1-3-8-16/h1-5,7-8,10-11,17,21H,6,9,12-15H2,(H,22,23). The summed E-state index contributed by atoms with van der Waals surface area (Å²) in [5, 5.41) is 6.51. The highest BCUT2D eigenvalue weighted by Gasteiger charge is 2.16. The van der Waals surface area contributed by atoms with Crippen molar-refractivity contribution >= 4 is 5.91 Å². The molecule has 0 aliphatic carbocycles. The molecule has 23 heavy (non-hydrogen) atoms. The van der Waals surface area contributed by atoms with E-state index in [-0.39, 0.29) is 5.91 Å². The van der Waals surface area contributed by atoms with Crippen molar-refractivity contribution in [1.29, 1.82) is 0 Å². The van der Waals surface area contributed by atoms with Crippen LogP contribution in [0.3, 0.4) is 0 Å². The van der Waals surface area contributed by atoms with Gasteiger partial charge in [0.2, 0.25) is 0 Å². The molecule has 3 nitrogen and oxygen atoms in total. The highest BCUT2D eigenvalue weighted by molar-refractivity contribution is 5.95. The van der Waals surface area contributed by atoms with Crippen molar-refractivity contribution < 1.29 is 4.79 Å². The van der Waals surface area contributed by atoms with Crippen LogP contribution in [0.2, 0.25) is 0 Å². The van der Waals surface area contributed by atoms with Gasteiger partial charge in [-0.15, -0.1) is 0 Å². The van der Waals surface area contributed by atoms with Crippen LogP contribution < -0.4 is 10.6 Å². The van der Waals surface area contributed by atoms with E-state index >= 15 is 0 Å². The average molecular weight is 308 g/mol. The van der Waals surface area contributed by atoms with Crippen molar-refractivity contribution in [3.05, 3.63) is 71.3 Å². The first kappa shape index (κ1) is 15.8. The van der Waals surface area contributed by atoms with E-state index in [9.17, 15) is 4.79 Å². The molecule has 1 amide bonds. The van der Waals surface area contributed by atoms with Crippen LogP contribution in [0.4, 0.5) is 0 Å². The number of nitrogens with one attached hydrogen (secondary N) is 2. The Morgan fingerprint density at radius 2 is 1.87 bits per heavy atom. The van der Waals surface area contributed by atoms with Crippen molar-refractivity contribution in [3.8, 4) is 0 Å². The van der Waals surface area contributed by atoms with Gasteiger partial charge in [-0.2, -0.15) is 0 Å². The Morgan fingerprint density at radius 3 is 2.65 bits per heavy atom. The van der Waals surface area contributed by atoms with Crippen molar-refractivity contribution in [2.75, 3.05) is 19.6 Å². The number of piperidine rings is 1. The Balaban J connectivity index is 1.65. The van der Waals surface area contributed by atoms with E-state index in [1.54, 1.807) is 0 Å². The predicted molar refractivity (Wildman–Crippen MR) is 93.6 cm³/mol. The van der Waals surface area contributed by atoms with Gasteiger partial charge in [0, 0.05) is 12.1 Å². The monoisotopic (exact) mass is 308 g/mol. The van der Waals surface area contributed by atoms with Crippen LogP contribution in [0.25, 0.3) is 0 Å². The quantitative estimate of drug-likeness (QED) is 0.891. The summed E-state index contributed by atoms with van der Waals surface area (Å²) >= 11 is 0. The molecule has 1 fully saturated rings. The first-order valence-corrected chi connectivity index (χ1v) is 8.43. The third-order valence-electron chi connectivity index (χ3n) is 4.45. The van der Waals surface area contributed by atoms with Gasteiger partial charge in [-0.25, -0.2) is 0 Å². The van der Waals surface area contributed by atoms with E-state index in [4.69, 9.17) is 0 Å². The zero-order valence-corrected chi connectivity index (χ0v) is 13.4. The molecule has 3 rings (SSSR count). The maximum absolute atomic E-state index is 12.6. The average Bonchev–Trinajstić information content (AvgIpc) is 2.62. The molecule has 1 atom stereocenters. The van der Waals surface area contributed by atoms with Crippen LogP contribution in [-0.4, -0.2) is 25.5 Å². The smallest absolute Gasteiger partial charge is 0.251 e. The summed E-state index contributed by atoms with van der Waals surface area (Å²) in [7, 11) is 0. The lowest BCUT2D eigenvalue weighted by Crippen LogP contribution is -2.38. The maximum atomic E-state index is 12.6. The molecule has 1 saturated heterocycles. The summed E-state index contributed by atoms with van der Waals surface area (Å²) in [6.07, 6.45) is 3.18. The Bertz CT molecular complexity index is 633. The largest absolute Gasteiger partial charge is 0.352 e. The summed E-state index contributed by atoms with van der Waals surface area (Å²) in [5.74, 6) is 0.594. The molecule has 2 aromatic rings. The van der Waals surface area contributed by atoms with Crippen LogP contribution in [0.5, 0.6) is 0 Å².